The Morgan fingerprint density at radius 1 is 1.06 bits per heavy atom. The predicted octanol–water partition coefficient (Wildman–Crippen LogP) is 3.56. The maximum absolute atomic E-state index is 12.0. The van der Waals surface area contributed by atoms with Crippen molar-refractivity contribution in [3.8, 4) is 17.2 Å². The number of ether oxygens (including phenoxy) is 3. The van der Waals surface area contributed by atoms with E-state index < -0.39 is 18.5 Å². The van der Waals surface area contributed by atoms with Crippen LogP contribution in [0.5, 0.6) is 17.2 Å². The highest BCUT2D eigenvalue weighted by Gasteiger charge is 2.18. The summed E-state index contributed by atoms with van der Waals surface area (Å²) in [5, 5.41) is 12.7. The summed E-state index contributed by atoms with van der Waals surface area (Å²) >= 11 is 3.88. The first kappa shape index (κ1) is 23.8. The third-order valence-electron chi connectivity index (χ3n) is 4.17. The van der Waals surface area contributed by atoms with Gasteiger partial charge < -0.3 is 19.3 Å². The molecule has 2 aromatic rings. The molecule has 170 valence electrons. The third kappa shape index (κ3) is 7.38. The van der Waals surface area contributed by atoms with Crippen LogP contribution >= 0.6 is 23.5 Å². The van der Waals surface area contributed by atoms with E-state index in [9.17, 15) is 9.59 Å². The molecule has 0 spiro atoms. The van der Waals surface area contributed by atoms with Gasteiger partial charge in [-0.05, 0) is 48.4 Å². The number of carbonyl (C=O) groups excluding carboxylic acids is 1. The van der Waals surface area contributed by atoms with E-state index in [4.69, 9.17) is 19.3 Å². The molecule has 0 aliphatic carbocycles. The molecular formula is C22H24N2O6S2. The summed E-state index contributed by atoms with van der Waals surface area (Å²) in [4.78, 5) is 22.7. The number of carboxylic acid groups (broad SMARTS) is 1. The number of aliphatic carboxylic acids is 1. The van der Waals surface area contributed by atoms with Crippen LogP contribution in [0.3, 0.4) is 0 Å². The van der Waals surface area contributed by atoms with E-state index in [0.29, 0.717) is 34.0 Å². The Balaban J connectivity index is 1.47. The largest absolute Gasteiger partial charge is 0.490 e. The molecule has 0 radical (unpaired) electrons. The van der Waals surface area contributed by atoms with E-state index in [1.807, 2.05) is 54.7 Å². The van der Waals surface area contributed by atoms with Gasteiger partial charge in [-0.15, -0.1) is 23.5 Å². The second-order valence-corrected chi connectivity index (χ2v) is 9.27. The zero-order valence-electron chi connectivity index (χ0n) is 17.5. The van der Waals surface area contributed by atoms with E-state index in [0.717, 1.165) is 0 Å². The Bertz CT molecular complexity index is 946. The van der Waals surface area contributed by atoms with E-state index in [1.165, 1.54) is 23.3 Å². The fraction of sp³-hybridized carbons (Fsp3) is 0.318. The minimum absolute atomic E-state index is 0.157. The monoisotopic (exact) mass is 476 g/mol. The summed E-state index contributed by atoms with van der Waals surface area (Å²) in [6.07, 6.45) is 1.45. The number of amides is 1. The highest BCUT2D eigenvalue weighted by atomic mass is 32.2. The van der Waals surface area contributed by atoms with E-state index >= 15 is 0 Å². The van der Waals surface area contributed by atoms with Gasteiger partial charge in [0.15, 0.2) is 24.7 Å². The third-order valence-corrected chi connectivity index (χ3v) is 7.27. The maximum atomic E-state index is 12.0. The standard InChI is InChI=1S/C22H24N2O6S2/c1-2-28-19-11-15(3-8-18(19)30-14-21(26)27)12-23-24-20(25)13-29-17-6-4-16(5-7-17)22-31-9-10-32-22/h3-8,11-12,22H,2,9-10,13-14H2,1H3,(H,24,25)(H,26,27)/b23-12-. The minimum Gasteiger partial charge on any atom is -0.490 e. The first-order valence-electron chi connectivity index (χ1n) is 9.94. The number of hydrazone groups is 1. The van der Waals surface area contributed by atoms with Crippen LogP contribution in [0.2, 0.25) is 0 Å². The minimum atomic E-state index is -1.08. The van der Waals surface area contributed by atoms with Gasteiger partial charge in [0.25, 0.3) is 5.91 Å². The Kier molecular flexibility index (Phi) is 9.12. The predicted molar refractivity (Wildman–Crippen MR) is 126 cm³/mol. The van der Waals surface area contributed by atoms with Crippen molar-refractivity contribution in [1.29, 1.82) is 0 Å². The van der Waals surface area contributed by atoms with Crippen LogP contribution in [-0.4, -0.2) is 54.5 Å². The topological polar surface area (TPSA) is 106 Å². The maximum Gasteiger partial charge on any atom is 0.341 e. The number of nitrogens with zero attached hydrogens (tertiary/aromatic N) is 1. The van der Waals surface area contributed by atoms with Gasteiger partial charge in [-0.1, -0.05) is 12.1 Å². The van der Waals surface area contributed by atoms with Crippen molar-refractivity contribution < 1.29 is 28.9 Å². The quantitative estimate of drug-likeness (QED) is 0.375. The highest BCUT2D eigenvalue weighted by Crippen LogP contribution is 2.45. The van der Waals surface area contributed by atoms with Gasteiger partial charge in [0.1, 0.15) is 5.75 Å². The van der Waals surface area contributed by atoms with Crippen molar-refractivity contribution in [3.05, 3.63) is 53.6 Å². The molecule has 0 unspecified atom stereocenters. The molecule has 3 rings (SSSR count). The molecule has 1 fully saturated rings. The van der Waals surface area contributed by atoms with Crippen LogP contribution in [0.25, 0.3) is 0 Å². The fourth-order valence-corrected chi connectivity index (χ4v) is 5.62. The van der Waals surface area contributed by atoms with Crippen molar-refractivity contribution in [2.45, 2.75) is 11.5 Å². The van der Waals surface area contributed by atoms with Crippen molar-refractivity contribution in [1.82, 2.24) is 5.43 Å². The number of hydrogen-bond donors (Lipinski definition) is 2. The van der Waals surface area contributed by atoms with Crippen molar-refractivity contribution in [2.24, 2.45) is 5.10 Å². The molecule has 0 saturated carbocycles. The number of nitrogens with one attached hydrogen (secondary N) is 1. The summed E-state index contributed by atoms with van der Waals surface area (Å²) in [6.45, 7) is 1.57. The zero-order chi connectivity index (χ0) is 22.8. The summed E-state index contributed by atoms with van der Waals surface area (Å²) in [5.74, 6) is 2.21. The van der Waals surface area contributed by atoms with E-state index in [1.54, 1.807) is 18.2 Å². The normalized spacial score (nSPS) is 13.8. The summed E-state index contributed by atoms with van der Waals surface area (Å²) in [7, 11) is 0. The molecule has 10 heteroatoms. The Morgan fingerprint density at radius 2 is 1.81 bits per heavy atom. The molecule has 0 atom stereocenters. The van der Waals surface area contributed by atoms with Gasteiger partial charge in [-0.25, -0.2) is 10.2 Å². The molecule has 1 aliphatic heterocycles. The molecule has 1 heterocycles. The SMILES string of the molecule is CCOc1cc(/C=N\NC(=O)COc2ccc(C3SCCS3)cc2)ccc1OCC(=O)O. The van der Waals surface area contributed by atoms with Gasteiger partial charge in [-0.3, -0.25) is 4.79 Å². The number of hydrogen-bond acceptors (Lipinski definition) is 8. The molecule has 2 N–H and O–H groups in total. The second kappa shape index (κ2) is 12.3. The Morgan fingerprint density at radius 3 is 2.50 bits per heavy atom. The van der Waals surface area contributed by atoms with Crippen molar-refractivity contribution >= 4 is 41.6 Å². The van der Waals surface area contributed by atoms with Crippen LogP contribution in [0, 0.1) is 0 Å². The lowest BCUT2D eigenvalue weighted by Crippen LogP contribution is -2.24. The van der Waals surface area contributed by atoms with Crippen LogP contribution in [0.15, 0.2) is 47.6 Å². The smallest absolute Gasteiger partial charge is 0.341 e. The van der Waals surface area contributed by atoms with Gasteiger partial charge >= 0.3 is 5.97 Å². The van der Waals surface area contributed by atoms with Crippen molar-refractivity contribution in [3.63, 3.8) is 0 Å². The molecule has 1 saturated heterocycles. The molecule has 1 aliphatic rings. The average Bonchev–Trinajstić information content (AvgIpc) is 3.33. The molecule has 1 amide bonds. The molecule has 32 heavy (non-hydrogen) atoms. The first-order chi connectivity index (χ1) is 15.5. The molecular weight excluding hydrogens is 452 g/mol. The van der Waals surface area contributed by atoms with Gasteiger partial charge in [0.2, 0.25) is 0 Å². The Hall–Kier alpha value is -2.85. The number of rotatable bonds is 11. The van der Waals surface area contributed by atoms with Crippen molar-refractivity contribution in [2.75, 3.05) is 31.3 Å². The summed E-state index contributed by atoms with van der Waals surface area (Å²) in [6, 6.07) is 12.7. The number of carbonyl (C=O) groups is 2. The molecule has 8 nitrogen and oxygen atoms in total. The van der Waals surface area contributed by atoms with Gasteiger partial charge in [-0.2, -0.15) is 5.10 Å². The number of benzene rings is 2. The van der Waals surface area contributed by atoms with E-state index in [-0.39, 0.29) is 6.61 Å². The number of carboxylic acids is 1. The van der Waals surface area contributed by atoms with Crippen LogP contribution in [0.4, 0.5) is 0 Å². The summed E-state index contributed by atoms with van der Waals surface area (Å²) < 4.78 is 16.7. The molecule has 0 aromatic heterocycles. The Labute approximate surface area is 194 Å². The first-order valence-corrected chi connectivity index (χ1v) is 12.0. The van der Waals surface area contributed by atoms with E-state index in [2.05, 4.69) is 10.5 Å². The average molecular weight is 477 g/mol. The molecule has 2 aromatic carbocycles. The van der Waals surface area contributed by atoms with Crippen LogP contribution in [0.1, 0.15) is 22.6 Å². The number of thioether (sulfide) groups is 2. The second-order valence-electron chi connectivity index (χ2n) is 6.55. The van der Waals surface area contributed by atoms with Crippen LogP contribution in [-0.2, 0) is 9.59 Å². The zero-order valence-corrected chi connectivity index (χ0v) is 19.1. The van der Waals surface area contributed by atoms with Crippen LogP contribution < -0.4 is 19.6 Å². The lowest BCUT2D eigenvalue weighted by molar-refractivity contribution is -0.139. The van der Waals surface area contributed by atoms with Gasteiger partial charge in [0, 0.05) is 11.5 Å². The fourth-order valence-electron chi connectivity index (χ4n) is 2.76. The lowest BCUT2D eigenvalue weighted by atomic mass is 10.2. The highest BCUT2D eigenvalue weighted by molar-refractivity contribution is 8.19. The lowest BCUT2D eigenvalue weighted by Gasteiger charge is -2.11. The molecule has 0 bridgehead atoms. The van der Waals surface area contributed by atoms with Gasteiger partial charge in [0.05, 0.1) is 17.4 Å². The summed E-state index contributed by atoms with van der Waals surface area (Å²) in [5.41, 5.74) is 4.32.